The number of aromatic nitrogens is 1. The van der Waals surface area contributed by atoms with Gasteiger partial charge in [0.05, 0.1) is 17.7 Å². The lowest BCUT2D eigenvalue weighted by atomic mass is 9.98. The molecule has 0 aliphatic heterocycles. The van der Waals surface area contributed by atoms with Gasteiger partial charge in [0.25, 0.3) is 0 Å². The highest BCUT2D eigenvalue weighted by Gasteiger charge is 2.12. The number of aryl methyl sites for hydroxylation is 1. The largest absolute Gasteiger partial charge is 0.374 e. The topological polar surface area (TPSA) is 54.0 Å². The van der Waals surface area contributed by atoms with Gasteiger partial charge in [-0.2, -0.15) is 0 Å². The van der Waals surface area contributed by atoms with Gasteiger partial charge in [-0.1, -0.05) is 50.2 Å². The highest BCUT2D eigenvalue weighted by atomic mass is 16.1. The molecule has 0 atom stereocenters. The van der Waals surface area contributed by atoms with E-state index < -0.39 is 0 Å². The average Bonchev–Trinajstić information content (AvgIpc) is 2.61. The van der Waals surface area contributed by atoms with Gasteiger partial charge in [0.2, 0.25) is 5.91 Å². The molecule has 4 nitrogen and oxygen atoms in total. The molecule has 25 heavy (non-hydrogen) atoms. The number of benzene rings is 2. The number of hydrogen-bond acceptors (Lipinski definition) is 3. The standard InChI is InChI=1S/C21H23N3O/c1-14(2)17-10-4-7-15(3)20(17)24-19(25)13-23-18-11-5-8-16-9-6-12-22-21(16)18/h4-12,14,23H,13H2,1-3H3,(H,24,25). The number of carbonyl (C=O) groups excluding carboxylic acids is 1. The van der Waals surface area contributed by atoms with Crippen molar-refractivity contribution in [2.75, 3.05) is 17.2 Å². The Bertz CT molecular complexity index is 897. The molecule has 4 heteroatoms. The van der Waals surface area contributed by atoms with Crippen LogP contribution in [0, 0.1) is 6.92 Å². The van der Waals surface area contributed by atoms with Gasteiger partial charge in [-0.25, -0.2) is 0 Å². The van der Waals surface area contributed by atoms with E-state index in [9.17, 15) is 4.79 Å². The predicted molar refractivity (Wildman–Crippen MR) is 104 cm³/mol. The van der Waals surface area contributed by atoms with E-state index in [2.05, 4.69) is 35.5 Å². The summed E-state index contributed by atoms with van der Waals surface area (Å²) in [5.74, 6) is 0.287. The Morgan fingerprint density at radius 2 is 1.84 bits per heavy atom. The first-order chi connectivity index (χ1) is 12.1. The maximum Gasteiger partial charge on any atom is 0.243 e. The molecule has 1 heterocycles. The fraction of sp³-hybridized carbons (Fsp3) is 0.238. The molecule has 0 fully saturated rings. The smallest absolute Gasteiger partial charge is 0.243 e. The molecule has 3 aromatic rings. The molecule has 2 aromatic carbocycles. The van der Waals surface area contributed by atoms with Crippen molar-refractivity contribution in [2.45, 2.75) is 26.7 Å². The van der Waals surface area contributed by atoms with Crippen molar-refractivity contribution in [3.8, 4) is 0 Å². The normalized spacial score (nSPS) is 10.9. The Labute approximate surface area is 148 Å². The summed E-state index contributed by atoms with van der Waals surface area (Å²) in [7, 11) is 0. The van der Waals surface area contributed by atoms with E-state index in [1.807, 2.05) is 49.4 Å². The van der Waals surface area contributed by atoms with Gasteiger partial charge in [-0.3, -0.25) is 9.78 Å². The van der Waals surface area contributed by atoms with Gasteiger partial charge in [0.1, 0.15) is 0 Å². The second-order valence-electron chi connectivity index (χ2n) is 6.48. The molecule has 0 spiro atoms. The van der Waals surface area contributed by atoms with E-state index in [1.54, 1.807) is 6.20 Å². The van der Waals surface area contributed by atoms with E-state index >= 15 is 0 Å². The fourth-order valence-electron chi connectivity index (χ4n) is 2.95. The van der Waals surface area contributed by atoms with Crippen LogP contribution in [0.5, 0.6) is 0 Å². The van der Waals surface area contributed by atoms with Crippen molar-refractivity contribution >= 4 is 28.2 Å². The van der Waals surface area contributed by atoms with E-state index in [1.165, 1.54) is 0 Å². The Kier molecular flexibility index (Phi) is 4.98. The van der Waals surface area contributed by atoms with Crippen molar-refractivity contribution in [3.63, 3.8) is 0 Å². The van der Waals surface area contributed by atoms with Crippen LogP contribution in [-0.4, -0.2) is 17.4 Å². The Hall–Kier alpha value is -2.88. The van der Waals surface area contributed by atoms with E-state index in [0.29, 0.717) is 5.92 Å². The lowest BCUT2D eigenvalue weighted by Gasteiger charge is -2.17. The van der Waals surface area contributed by atoms with Gasteiger partial charge in [0, 0.05) is 17.3 Å². The highest BCUT2D eigenvalue weighted by Crippen LogP contribution is 2.27. The number of amides is 1. The van der Waals surface area contributed by atoms with Gasteiger partial charge >= 0.3 is 0 Å². The minimum absolute atomic E-state index is 0.0656. The molecule has 1 aromatic heterocycles. The third-order valence-electron chi connectivity index (χ3n) is 4.26. The Balaban J connectivity index is 1.74. The molecule has 0 aliphatic carbocycles. The summed E-state index contributed by atoms with van der Waals surface area (Å²) in [4.78, 5) is 16.9. The van der Waals surface area contributed by atoms with Gasteiger partial charge < -0.3 is 10.6 Å². The van der Waals surface area contributed by atoms with Crippen LogP contribution >= 0.6 is 0 Å². The fourth-order valence-corrected chi connectivity index (χ4v) is 2.95. The second-order valence-corrected chi connectivity index (χ2v) is 6.48. The summed E-state index contributed by atoms with van der Waals surface area (Å²) in [6.45, 7) is 6.47. The number of rotatable bonds is 5. The maximum atomic E-state index is 12.5. The number of anilines is 2. The average molecular weight is 333 g/mol. The zero-order valence-electron chi connectivity index (χ0n) is 14.8. The molecule has 0 unspecified atom stereocenters. The SMILES string of the molecule is Cc1cccc(C(C)C)c1NC(=O)CNc1cccc2cccnc12. The molecule has 3 rings (SSSR count). The summed E-state index contributed by atoms with van der Waals surface area (Å²) >= 11 is 0. The number of carbonyl (C=O) groups is 1. The van der Waals surface area contributed by atoms with E-state index in [-0.39, 0.29) is 12.5 Å². The van der Waals surface area contributed by atoms with E-state index in [4.69, 9.17) is 0 Å². The number of para-hydroxylation sites is 2. The monoisotopic (exact) mass is 333 g/mol. The highest BCUT2D eigenvalue weighted by molar-refractivity contribution is 5.97. The molecule has 0 saturated carbocycles. The molecule has 0 radical (unpaired) electrons. The third kappa shape index (κ3) is 3.79. The first-order valence-corrected chi connectivity index (χ1v) is 8.53. The molecule has 0 bridgehead atoms. The molecule has 0 saturated heterocycles. The van der Waals surface area contributed by atoms with E-state index in [0.717, 1.165) is 33.4 Å². The van der Waals surface area contributed by atoms with Crippen molar-refractivity contribution in [3.05, 3.63) is 65.9 Å². The lowest BCUT2D eigenvalue weighted by Crippen LogP contribution is -2.23. The van der Waals surface area contributed by atoms with Crippen molar-refractivity contribution in [1.82, 2.24) is 4.98 Å². The molecule has 128 valence electrons. The molecule has 2 N–H and O–H groups in total. The predicted octanol–water partition coefficient (Wildman–Crippen LogP) is 4.72. The molecule has 0 aliphatic rings. The second kappa shape index (κ2) is 7.34. The molecule has 1 amide bonds. The number of hydrogen-bond donors (Lipinski definition) is 2. The molecular formula is C21H23N3O. The maximum absolute atomic E-state index is 12.5. The van der Waals surface area contributed by atoms with Crippen LogP contribution in [0.2, 0.25) is 0 Å². The van der Waals surface area contributed by atoms with Crippen LogP contribution in [-0.2, 0) is 4.79 Å². The quantitative estimate of drug-likeness (QED) is 0.710. The zero-order chi connectivity index (χ0) is 17.8. The van der Waals surface area contributed by atoms with Gasteiger partial charge in [-0.05, 0) is 36.1 Å². The number of fused-ring (bicyclic) bond motifs is 1. The Morgan fingerprint density at radius 3 is 2.64 bits per heavy atom. The summed E-state index contributed by atoms with van der Waals surface area (Å²) < 4.78 is 0. The molecular weight excluding hydrogens is 310 g/mol. The van der Waals surface area contributed by atoms with Crippen LogP contribution in [0.3, 0.4) is 0 Å². The van der Waals surface area contributed by atoms with Crippen LogP contribution in [0.4, 0.5) is 11.4 Å². The number of nitrogens with one attached hydrogen (secondary N) is 2. The Morgan fingerprint density at radius 1 is 1.08 bits per heavy atom. The number of pyridine rings is 1. The first-order valence-electron chi connectivity index (χ1n) is 8.53. The van der Waals surface area contributed by atoms with Gasteiger partial charge in [-0.15, -0.1) is 0 Å². The summed E-state index contributed by atoms with van der Waals surface area (Å²) in [6, 6.07) is 15.9. The van der Waals surface area contributed by atoms with Crippen LogP contribution in [0.1, 0.15) is 30.9 Å². The third-order valence-corrected chi connectivity index (χ3v) is 4.26. The first kappa shape index (κ1) is 17.0. The number of nitrogens with zero attached hydrogens (tertiary/aromatic N) is 1. The minimum atomic E-state index is -0.0656. The van der Waals surface area contributed by atoms with Crippen molar-refractivity contribution < 1.29 is 4.79 Å². The van der Waals surface area contributed by atoms with Crippen LogP contribution in [0.25, 0.3) is 10.9 Å². The minimum Gasteiger partial charge on any atom is -0.374 e. The van der Waals surface area contributed by atoms with Crippen molar-refractivity contribution in [1.29, 1.82) is 0 Å². The van der Waals surface area contributed by atoms with Crippen LogP contribution < -0.4 is 10.6 Å². The van der Waals surface area contributed by atoms with Crippen molar-refractivity contribution in [2.24, 2.45) is 0 Å². The summed E-state index contributed by atoms with van der Waals surface area (Å²) in [5.41, 5.74) is 4.88. The zero-order valence-corrected chi connectivity index (χ0v) is 14.8. The van der Waals surface area contributed by atoms with Gasteiger partial charge in [0.15, 0.2) is 0 Å². The summed E-state index contributed by atoms with van der Waals surface area (Å²) in [6.07, 6.45) is 1.76. The summed E-state index contributed by atoms with van der Waals surface area (Å²) in [5, 5.41) is 7.31. The lowest BCUT2D eigenvalue weighted by molar-refractivity contribution is -0.114. The van der Waals surface area contributed by atoms with Crippen LogP contribution in [0.15, 0.2) is 54.7 Å².